The largest absolute Gasteiger partial charge is 0.467 e. The van der Waals surface area contributed by atoms with Crippen molar-refractivity contribution in [3.05, 3.63) is 0 Å². The molecule has 2 N–H and O–H groups in total. The molecule has 1 amide bonds. The molecule has 0 unspecified atom stereocenters. The van der Waals surface area contributed by atoms with E-state index >= 15 is 0 Å². The zero-order valence-corrected chi connectivity index (χ0v) is 7.87. The quantitative estimate of drug-likeness (QED) is 0.568. The summed E-state index contributed by atoms with van der Waals surface area (Å²) in [6, 6.07) is -0.941. The summed E-state index contributed by atoms with van der Waals surface area (Å²) in [5, 5.41) is 11.1. The zero-order valence-electron chi connectivity index (χ0n) is 7.87. The van der Waals surface area contributed by atoms with Crippen LogP contribution in [0.25, 0.3) is 0 Å². The summed E-state index contributed by atoms with van der Waals surface area (Å²) in [4.78, 5) is 21.9. The zero-order chi connectivity index (χ0) is 10.3. The summed E-state index contributed by atoms with van der Waals surface area (Å²) in [6.45, 7) is 1.41. The molecular weight excluding hydrogens is 174 g/mol. The minimum Gasteiger partial charge on any atom is -0.467 e. The van der Waals surface area contributed by atoms with Gasteiger partial charge in [0.05, 0.1) is 13.7 Å². The molecule has 0 bridgehead atoms. The Labute approximate surface area is 77.1 Å². The molecule has 0 rings (SSSR count). The van der Waals surface area contributed by atoms with Gasteiger partial charge >= 0.3 is 5.97 Å². The van der Waals surface area contributed by atoms with E-state index in [-0.39, 0.29) is 5.91 Å². The number of aliphatic hydroxyl groups is 1. The van der Waals surface area contributed by atoms with Crippen LogP contribution in [0.2, 0.25) is 0 Å². The number of hydrogen-bond acceptors (Lipinski definition) is 4. The van der Waals surface area contributed by atoms with Gasteiger partial charge in [-0.2, -0.15) is 0 Å². The topological polar surface area (TPSA) is 75.6 Å². The van der Waals surface area contributed by atoms with Crippen LogP contribution in [0, 0.1) is 0 Å². The van der Waals surface area contributed by atoms with Crippen molar-refractivity contribution in [1.29, 1.82) is 0 Å². The molecule has 0 aromatic heterocycles. The molecule has 0 aliphatic carbocycles. The van der Waals surface area contributed by atoms with Crippen molar-refractivity contribution < 1.29 is 19.4 Å². The lowest BCUT2D eigenvalue weighted by molar-refractivity contribution is -0.146. The maximum atomic E-state index is 11.0. The molecule has 0 aliphatic rings. The third kappa shape index (κ3) is 4.47. The minimum absolute atomic E-state index is 0.257. The van der Waals surface area contributed by atoms with Crippen LogP contribution in [0.3, 0.4) is 0 Å². The number of amides is 1. The summed E-state index contributed by atoms with van der Waals surface area (Å²) >= 11 is 0. The lowest BCUT2D eigenvalue weighted by Gasteiger charge is -2.12. The average Bonchev–Trinajstić information content (AvgIpc) is 2.13. The number of aliphatic hydroxyl groups excluding tert-OH is 1. The Balaban J connectivity index is 3.97. The van der Waals surface area contributed by atoms with Gasteiger partial charge in [0.25, 0.3) is 0 Å². The molecule has 13 heavy (non-hydrogen) atoms. The fourth-order valence-electron chi connectivity index (χ4n) is 0.815. The number of hydrogen-bond donors (Lipinski definition) is 2. The second-order valence-corrected chi connectivity index (χ2v) is 2.58. The highest BCUT2D eigenvalue weighted by atomic mass is 16.5. The summed E-state index contributed by atoms with van der Waals surface area (Å²) in [5.74, 6) is -0.890. The standard InChI is InChI=1S/C8H15NO4/c1-3-4-7(11)9-6(5-10)8(12)13-2/h6,10H,3-5H2,1-2H3,(H,9,11)/t6-/m0/s1. The summed E-state index contributed by atoms with van der Waals surface area (Å²) in [7, 11) is 1.21. The van der Waals surface area contributed by atoms with Crippen LogP contribution in [0.5, 0.6) is 0 Å². The first-order valence-electron chi connectivity index (χ1n) is 4.13. The van der Waals surface area contributed by atoms with E-state index in [9.17, 15) is 9.59 Å². The monoisotopic (exact) mass is 189 g/mol. The molecule has 0 aromatic carbocycles. The number of nitrogens with one attached hydrogen (secondary N) is 1. The first-order valence-corrected chi connectivity index (χ1v) is 4.13. The van der Waals surface area contributed by atoms with Crippen LogP contribution in [0.15, 0.2) is 0 Å². The second kappa shape index (κ2) is 6.42. The SMILES string of the molecule is CCCC(=O)N[C@@H](CO)C(=O)OC. The molecule has 0 heterocycles. The fraction of sp³-hybridized carbons (Fsp3) is 0.750. The van der Waals surface area contributed by atoms with Gasteiger partial charge in [0, 0.05) is 6.42 Å². The van der Waals surface area contributed by atoms with E-state index in [0.29, 0.717) is 12.8 Å². The first kappa shape index (κ1) is 11.9. The minimum atomic E-state index is -0.941. The Morgan fingerprint density at radius 2 is 2.15 bits per heavy atom. The molecular formula is C8H15NO4. The van der Waals surface area contributed by atoms with Crippen molar-refractivity contribution in [2.24, 2.45) is 0 Å². The predicted molar refractivity (Wildman–Crippen MR) is 45.9 cm³/mol. The molecule has 1 atom stereocenters. The Hall–Kier alpha value is -1.10. The third-order valence-electron chi connectivity index (χ3n) is 1.48. The summed E-state index contributed by atoms with van der Waals surface area (Å²) in [5.41, 5.74) is 0. The number of esters is 1. The predicted octanol–water partition coefficient (Wildman–Crippen LogP) is -0.563. The van der Waals surface area contributed by atoms with E-state index in [4.69, 9.17) is 5.11 Å². The van der Waals surface area contributed by atoms with Crippen molar-refractivity contribution >= 4 is 11.9 Å². The van der Waals surface area contributed by atoms with Gasteiger partial charge in [-0.05, 0) is 6.42 Å². The van der Waals surface area contributed by atoms with Gasteiger partial charge in [0.1, 0.15) is 0 Å². The number of carbonyl (C=O) groups excluding carboxylic acids is 2. The van der Waals surface area contributed by atoms with Crippen LogP contribution in [0.1, 0.15) is 19.8 Å². The summed E-state index contributed by atoms with van der Waals surface area (Å²) in [6.07, 6.45) is 1.04. The van der Waals surface area contributed by atoms with E-state index in [1.54, 1.807) is 0 Å². The van der Waals surface area contributed by atoms with E-state index in [1.807, 2.05) is 6.92 Å². The second-order valence-electron chi connectivity index (χ2n) is 2.58. The molecule has 0 spiro atoms. The number of methoxy groups -OCH3 is 1. The van der Waals surface area contributed by atoms with Gasteiger partial charge < -0.3 is 15.2 Å². The van der Waals surface area contributed by atoms with Crippen LogP contribution < -0.4 is 5.32 Å². The molecule has 0 aromatic rings. The molecule has 0 saturated heterocycles. The van der Waals surface area contributed by atoms with E-state index in [2.05, 4.69) is 10.1 Å². The van der Waals surface area contributed by atoms with Crippen LogP contribution in [0.4, 0.5) is 0 Å². The number of ether oxygens (including phenoxy) is 1. The van der Waals surface area contributed by atoms with Gasteiger partial charge in [-0.15, -0.1) is 0 Å². The van der Waals surface area contributed by atoms with Crippen molar-refractivity contribution in [2.45, 2.75) is 25.8 Å². The smallest absolute Gasteiger partial charge is 0.330 e. The van der Waals surface area contributed by atoms with Gasteiger partial charge in [0.15, 0.2) is 6.04 Å². The Morgan fingerprint density at radius 3 is 2.54 bits per heavy atom. The lowest BCUT2D eigenvalue weighted by atomic mass is 10.2. The number of rotatable bonds is 5. The highest BCUT2D eigenvalue weighted by molar-refractivity contribution is 5.84. The normalized spacial score (nSPS) is 11.9. The Morgan fingerprint density at radius 1 is 1.54 bits per heavy atom. The Bertz CT molecular complexity index is 181. The van der Waals surface area contributed by atoms with Crippen LogP contribution >= 0.6 is 0 Å². The van der Waals surface area contributed by atoms with Crippen LogP contribution in [-0.2, 0) is 14.3 Å². The molecule has 0 aliphatic heterocycles. The van der Waals surface area contributed by atoms with Gasteiger partial charge in [-0.1, -0.05) is 6.92 Å². The number of carbonyl (C=O) groups is 2. The van der Waals surface area contributed by atoms with Crippen molar-refractivity contribution in [2.75, 3.05) is 13.7 Å². The van der Waals surface area contributed by atoms with Crippen molar-refractivity contribution in [1.82, 2.24) is 5.32 Å². The van der Waals surface area contributed by atoms with Gasteiger partial charge in [0.2, 0.25) is 5.91 Å². The van der Waals surface area contributed by atoms with E-state index < -0.39 is 18.6 Å². The molecule has 0 fully saturated rings. The average molecular weight is 189 g/mol. The van der Waals surface area contributed by atoms with Crippen molar-refractivity contribution in [3.63, 3.8) is 0 Å². The Kier molecular flexibility index (Phi) is 5.88. The van der Waals surface area contributed by atoms with Gasteiger partial charge in [-0.25, -0.2) is 4.79 Å². The van der Waals surface area contributed by atoms with E-state index in [1.165, 1.54) is 7.11 Å². The van der Waals surface area contributed by atoms with E-state index in [0.717, 1.165) is 0 Å². The highest BCUT2D eigenvalue weighted by Gasteiger charge is 2.19. The first-order chi connectivity index (χ1) is 6.15. The van der Waals surface area contributed by atoms with Gasteiger partial charge in [-0.3, -0.25) is 4.79 Å². The maximum Gasteiger partial charge on any atom is 0.330 e. The lowest BCUT2D eigenvalue weighted by Crippen LogP contribution is -2.43. The highest BCUT2D eigenvalue weighted by Crippen LogP contribution is 1.91. The molecule has 5 heteroatoms. The molecule has 76 valence electrons. The summed E-state index contributed by atoms with van der Waals surface area (Å²) < 4.78 is 4.37. The third-order valence-corrected chi connectivity index (χ3v) is 1.48. The fourth-order valence-corrected chi connectivity index (χ4v) is 0.815. The molecule has 0 radical (unpaired) electrons. The van der Waals surface area contributed by atoms with Crippen molar-refractivity contribution in [3.8, 4) is 0 Å². The molecule has 5 nitrogen and oxygen atoms in total. The maximum absolute atomic E-state index is 11.0. The van der Waals surface area contributed by atoms with Crippen LogP contribution in [-0.4, -0.2) is 36.7 Å². The molecule has 0 saturated carbocycles.